The highest BCUT2D eigenvalue weighted by Gasteiger charge is 2.14. The van der Waals surface area contributed by atoms with E-state index in [4.69, 9.17) is 5.11 Å². The van der Waals surface area contributed by atoms with E-state index in [0.29, 0.717) is 12.1 Å². The lowest BCUT2D eigenvalue weighted by molar-refractivity contribution is 0.161. The molecule has 0 aromatic heterocycles. The Morgan fingerprint density at radius 3 is 2.50 bits per heavy atom. The van der Waals surface area contributed by atoms with Gasteiger partial charge in [-0.1, -0.05) is 24.3 Å². The standard InChI is InChI=1S/C11H15NO2/c1-2-6-11(9-13)12(14)10-7-4-3-5-8-10/h2-5,7-8,11,13-14H,1,6,9H2. The Labute approximate surface area is 83.9 Å². The second-order valence-corrected chi connectivity index (χ2v) is 3.04. The summed E-state index contributed by atoms with van der Waals surface area (Å²) in [5.41, 5.74) is 0.674. The van der Waals surface area contributed by atoms with Crippen LogP contribution in [0.1, 0.15) is 6.42 Å². The maximum absolute atomic E-state index is 9.74. The number of rotatable bonds is 5. The van der Waals surface area contributed by atoms with E-state index in [9.17, 15) is 5.21 Å². The lowest BCUT2D eigenvalue weighted by Crippen LogP contribution is -2.34. The fraction of sp³-hybridized carbons (Fsp3) is 0.273. The van der Waals surface area contributed by atoms with Crippen molar-refractivity contribution < 1.29 is 10.3 Å². The van der Waals surface area contributed by atoms with Gasteiger partial charge in [0.2, 0.25) is 0 Å². The van der Waals surface area contributed by atoms with Crippen LogP contribution in [0.15, 0.2) is 43.0 Å². The molecule has 1 aromatic carbocycles. The van der Waals surface area contributed by atoms with Crippen molar-refractivity contribution in [2.45, 2.75) is 12.5 Å². The summed E-state index contributed by atoms with van der Waals surface area (Å²) in [6.07, 6.45) is 2.22. The highest BCUT2D eigenvalue weighted by Crippen LogP contribution is 2.15. The van der Waals surface area contributed by atoms with Crippen LogP contribution in [0.2, 0.25) is 0 Å². The second-order valence-electron chi connectivity index (χ2n) is 3.04. The van der Waals surface area contributed by atoms with Gasteiger partial charge in [-0.25, -0.2) is 0 Å². The Morgan fingerprint density at radius 1 is 1.36 bits per heavy atom. The first-order valence-electron chi connectivity index (χ1n) is 4.54. The summed E-state index contributed by atoms with van der Waals surface area (Å²) in [6, 6.07) is 8.79. The van der Waals surface area contributed by atoms with Crippen molar-refractivity contribution in [1.29, 1.82) is 0 Å². The van der Waals surface area contributed by atoms with Gasteiger partial charge in [0.1, 0.15) is 0 Å². The topological polar surface area (TPSA) is 43.7 Å². The molecular formula is C11H15NO2. The lowest BCUT2D eigenvalue weighted by atomic mass is 10.2. The molecule has 1 unspecified atom stereocenters. The number of hydroxylamine groups is 1. The largest absolute Gasteiger partial charge is 0.394 e. The monoisotopic (exact) mass is 193 g/mol. The zero-order valence-electron chi connectivity index (χ0n) is 8.00. The quantitative estimate of drug-likeness (QED) is 0.553. The van der Waals surface area contributed by atoms with Crippen LogP contribution in [0.4, 0.5) is 5.69 Å². The Balaban J connectivity index is 2.72. The van der Waals surface area contributed by atoms with Crippen molar-refractivity contribution in [3.8, 4) is 0 Å². The fourth-order valence-corrected chi connectivity index (χ4v) is 1.24. The summed E-state index contributed by atoms with van der Waals surface area (Å²) in [5, 5.41) is 19.8. The molecule has 3 heteroatoms. The molecule has 0 saturated heterocycles. The minimum absolute atomic E-state index is 0.0998. The Morgan fingerprint density at radius 2 is 2.00 bits per heavy atom. The van der Waals surface area contributed by atoms with Crippen molar-refractivity contribution >= 4 is 5.69 Å². The smallest absolute Gasteiger partial charge is 0.0828 e. The van der Waals surface area contributed by atoms with E-state index in [0.717, 1.165) is 5.06 Å². The highest BCUT2D eigenvalue weighted by atomic mass is 16.5. The van der Waals surface area contributed by atoms with Gasteiger partial charge in [-0.15, -0.1) is 6.58 Å². The molecule has 76 valence electrons. The predicted molar refractivity (Wildman–Crippen MR) is 56.4 cm³/mol. The summed E-state index contributed by atoms with van der Waals surface area (Å²) in [4.78, 5) is 0. The molecule has 14 heavy (non-hydrogen) atoms. The number of nitrogens with zero attached hydrogens (tertiary/aromatic N) is 1. The average Bonchev–Trinajstić information content (AvgIpc) is 2.26. The molecule has 1 rings (SSSR count). The van der Waals surface area contributed by atoms with Crippen LogP contribution in [-0.2, 0) is 0 Å². The lowest BCUT2D eigenvalue weighted by Gasteiger charge is -2.25. The van der Waals surface area contributed by atoms with Gasteiger partial charge in [0.15, 0.2) is 0 Å². The van der Waals surface area contributed by atoms with Crippen molar-refractivity contribution in [3.63, 3.8) is 0 Å². The molecule has 0 saturated carbocycles. The van der Waals surface area contributed by atoms with E-state index in [1.807, 2.05) is 18.2 Å². The maximum Gasteiger partial charge on any atom is 0.0828 e. The van der Waals surface area contributed by atoms with Crippen molar-refractivity contribution in [3.05, 3.63) is 43.0 Å². The van der Waals surface area contributed by atoms with Crippen molar-refractivity contribution in [2.75, 3.05) is 11.7 Å². The van der Waals surface area contributed by atoms with Crippen LogP contribution >= 0.6 is 0 Å². The third-order valence-corrected chi connectivity index (χ3v) is 2.02. The molecule has 0 spiro atoms. The van der Waals surface area contributed by atoms with Crippen molar-refractivity contribution in [1.82, 2.24) is 0 Å². The van der Waals surface area contributed by atoms with E-state index in [1.54, 1.807) is 18.2 Å². The van der Waals surface area contributed by atoms with Crippen LogP contribution in [0.25, 0.3) is 0 Å². The summed E-state index contributed by atoms with van der Waals surface area (Å²) in [7, 11) is 0. The Bertz CT molecular complexity index is 274. The number of hydrogen-bond donors (Lipinski definition) is 2. The zero-order chi connectivity index (χ0) is 10.4. The van der Waals surface area contributed by atoms with Gasteiger partial charge in [0.25, 0.3) is 0 Å². The Hall–Kier alpha value is -1.32. The minimum Gasteiger partial charge on any atom is -0.394 e. The molecular weight excluding hydrogens is 178 g/mol. The molecule has 0 aliphatic carbocycles. The number of para-hydroxylation sites is 1. The summed E-state index contributed by atoms with van der Waals surface area (Å²) in [5.74, 6) is 0. The first-order valence-corrected chi connectivity index (χ1v) is 4.54. The van der Waals surface area contributed by atoms with Gasteiger partial charge in [-0.05, 0) is 18.6 Å². The van der Waals surface area contributed by atoms with Gasteiger partial charge in [0.05, 0.1) is 18.3 Å². The molecule has 1 aromatic rings. The Kier molecular flexibility index (Phi) is 4.16. The number of aliphatic hydroxyl groups is 1. The summed E-state index contributed by atoms with van der Waals surface area (Å²) in [6.45, 7) is 3.48. The van der Waals surface area contributed by atoms with Gasteiger partial charge in [-0.3, -0.25) is 10.3 Å². The molecule has 3 nitrogen and oxygen atoms in total. The molecule has 0 bridgehead atoms. The number of hydrogen-bond acceptors (Lipinski definition) is 3. The van der Waals surface area contributed by atoms with Crippen LogP contribution in [0, 0.1) is 0 Å². The molecule has 0 aliphatic heterocycles. The molecule has 2 N–H and O–H groups in total. The van der Waals surface area contributed by atoms with Crippen LogP contribution < -0.4 is 5.06 Å². The number of aliphatic hydroxyl groups excluding tert-OH is 1. The van der Waals surface area contributed by atoms with Crippen LogP contribution in [0.5, 0.6) is 0 Å². The van der Waals surface area contributed by atoms with E-state index in [1.165, 1.54) is 0 Å². The van der Waals surface area contributed by atoms with E-state index in [2.05, 4.69) is 6.58 Å². The summed E-state index contributed by atoms with van der Waals surface area (Å²) >= 11 is 0. The number of benzene rings is 1. The minimum atomic E-state index is -0.324. The van der Waals surface area contributed by atoms with E-state index in [-0.39, 0.29) is 12.6 Å². The van der Waals surface area contributed by atoms with Gasteiger partial charge in [0, 0.05) is 0 Å². The van der Waals surface area contributed by atoms with E-state index >= 15 is 0 Å². The first-order chi connectivity index (χ1) is 6.79. The van der Waals surface area contributed by atoms with Gasteiger partial charge >= 0.3 is 0 Å². The van der Waals surface area contributed by atoms with Gasteiger partial charge in [-0.2, -0.15) is 0 Å². The molecule has 0 aliphatic rings. The van der Waals surface area contributed by atoms with Crippen LogP contribution in [-0.4, -0.2) is 23.0 Å². The van der Waals surface area contributed by atoms with Crippen molar-refractivity contribution in [2.24, 2.45) is 0 Å². The second kappa shape index (κ2) is 5.42. The SMILES string of the molecule is C=CCC(CO)N(O)c1ccccc1. The summed E-state index contributed by atoms with van der Waals surface area (Å²) < 4.78 is 0. The highest BCUT2D eigenvalue weighted by molar-refractivity contribution is 5.43. The van der Waals surface area contributed by atoms with Gasteiger partial charge < -0.3 is 5.11 Å². The first kappa shape index (κ1) is 10.8. The number of anilines is 1. The molecule has 1 atom stereocenters. The third kappa shape index (κ3) is 2.58. The maximum atomic E-state index is 9.74. The van der Waals surface area contributed by atoms with E-state index < -0.39 is 0 Å². The fourth-order valence-electron chi connectivity index (χ4n) is 1.24. The normalized spacial score (nSPS) is 12.1. The molecule has 0 heterocycles. The predicted octanol–water partition coefficient (Wildman–Crippen LogP) is 1.82. The third-order valence-electron chi connectivity index (χ3n) is 2.02. The molecule has 0 fully saturated rings. The molecule has 0 radical (unpaired) electrons. The zero-order valence-corrected chi connectivity index (χ0v) is 8.00. The average molecular weight is 193 g/mol. The van der Waals surface area contributed by atoms with Crippen LogP contribution in [0.3, 0.4) is 0 Å². The molecule has 0 amide bonds.